The Labute approximate surface area is 197 Å². The van der Waals surface area contributed by atoms with E-state index in [1.807, 2.05) is 12.1 Å². The van der Waals surface area contributed by atoms with Gasteiger partial charge < -0.3 is 23.5 Å². The fourth-order valence-electron chi connectivity index (χ4n) is 4.26. The number of hydrogen-bond acceptors (Lipinski definition) is 7. The number of amides is 1. The molecule has 1 aromatic heterocycles. The summed E-state index contributed by atoms with van der Waals surface area (Å²) >= 11 is 0. The number of methoxy groups -OCH3 is 3. The Hall–Kier alpha value is -4.07. The Morgan fingerprint density at radius 3 is 2.29 bits per heavy atom. The number of carbonyl (C=O) groups excluding carboxylic acids is 3. The number of likely N-dealkylation sites (tertiary alicyclic amines) is 1. The first-order chi connectivity index (χ1) is 16.5. The second kappa shape index (κ2) is 9.82. The highest BCUT2D eigenvalue weighted by atomic mass is 16.5. The van der Waals surface area contributed by atoms with E-state index in [2.05, 4.69) is 0 Å². The van der Waals surface area contributed by atoms with Crippen LogP contribution in [0.1, 0.15) is 27.7 Å². The second-order valence-corrected chi connectivity index (χ2v) is 7.84. The van der Waals surface area contributed by atoms with E-state index < -0.39 is 29.4 Å². The van der Waals surface area contributed by atoms with E-state index in [4.69, 9.17) is 18.6 Å². The molecule has 0 bridgehead atoms. The number of carbonyl (C=O) groups is 3. The minimum Gasteiger partial charge on any atom is -0.497 e. The number of ketones is 2. The topological polar surface area (TPSA) is 95.3 Å². The Balaban J connectivity index is 1.67. The standard InChI is InChI=1S/C26H25NO7/c1-31-18-9-7-17(8-10-18)23-22(24(28)20-5-4-14-34-20)25(29)26(30)27(23)13-12-16-6-11-19(32-2)21(15-16)33-3/h4-11,14-15,22-23H,12-13H2,1-3H3. The van der Waals surface area contributed by atoms with Crippen LogP contribution in [-0.2, 0) is 16.0 Å². The third-order valence-electron chi connectivity index (χ3n) is 6.00. The van der Waals surface area contributed by atoms with Crippen LogP contribution in [0, 0.1) is 5.92 Å². The summed E-state index contributed by atoms with van der Waals surface area (Å²) in [4.78, 5) is 40.8. The van der Waals surface area contributed by atoms with E-state index in [9.17, 15) is 14.4 Å². The Kier molecular flexibility index (Phi) is 6.67. The maximum absolute atomic E-state index is 13.2. The maximum atomic E-state index is 13.2. The van der Waals surface area contributed by atoms with Gasteiger partial charge in [0.25, 0.3) is 5.91 Å². The molecule has 34 heavy (non-hydrogen) atoms. The van der Waals surface area contributed by atoms with E-state index in [0.29, 0.717) is 29.2 Å². The quantitative estimate of drug-likeness (QED) is 0.272. The Bertz CT molecular complexity index is 1180. The molecule has 3 aromatic rings. The van der Waals surface area contributed by atoms with Crippen molar-refractivity contribution in [3.8, 4) is 17.2 Å². The predicted molar refractivity (Wildman–Crippen MR) is 122 cm³/mol. The van der Waals surface area contributed by atoms with Crippen molar-refractivity contribution in [3.63, 3.8) is 0 Å². The van der Waals surface area contributed by atoms with Gasteiger partial charge in [0.1, 0.15) is 11.7 Å². The van der Waals surface area contributed by atoms with Crippen LogP contribution in [0.25, 0.3) is 0 Å². The highest BCUT2D eigenvalue weighted by Gasteiger charge is 2.52. The van der Waals surface area contributed by atoms with Crippen LogP contribution in [0.4, 0.5) is 0 Å². The number of ether oxygens (including phenoxy) is 3. The van der Waals surface area contributed by atoms with Crippen molar-refractivity contribution in [3.05, 3.63) is 77.7 Å². The van der Waals surface area contributed by atoms with Crippen molar-refractivity contribution in [2.24, 2.45) is 5.92 Å². The first kappa shape index (κ1) is 23.1. The molecule has 2 aromatic carbocycles. The summed E-state index contributed by atoms with van der Waals surface area (Å²) in [7, 11) is 4.66. The van der Waals surface area contributed by atoms with Gasteiger partial charge in [-0.3, -0.25) is 14.4 Å². The molecule has 1 aliphatic heterocycles. The first-order valence-corrected chi connectivity index (χ1v) is 10.8. The van der Waals surface area contributed by atoms with Gasteiger partial charge in [-0.25, -0.2) is 0 Å². The molecule has 1 saturated heterocycles. The summed E-state index contributed by atoms with van der Waals surface area (Å²) in [5.41, 5.74) is 1.56. The van der Waals surface area contributed by atoms with E-state index >= 15 is 0 Å². The number of Topliss-reactive ketones (excluding diaryl/α,β-unsaturated/α-hetero) is 2. The lowest BCUT2D eigenvalue weighted by Gasteiger charge is -2.27. The molecule has 1 fully saturated rings. The van der Waals surface area contributed by atoms with E-state index in [1.54, 1.807) is 57.7 Å². The van der Waals surface area contributed by atoms with Crippen molar-refractivity contribution in [1.29, 1.82) is 0 Å². The van der Waals surface area contributed by atoms with Crippen LogP contribution in [0.5, 0.6) is 17.2 Å². The zero-order valence-corrected chi connectivity index (χ0v) is 19.1. The van der Waals surface area contributed by atoms with Crippen LogP contribution in [0.15, 0.2) is 65.3 Å². The summed E-state index contributed by atoms with van der Waals surface area (Å²) < 4.78 is 21.1. The molecule has 0 saturated carbocycles. The largest absolute Gasteiger partial charge is 0.497 e. The molecule has 2 heterocycles. The highest BCUT2D eigenvalue weighted by Crippen LogP contribution is 2.39. The second-order valence-electron chi connectivity index (χ2n) is 7.84. The minimum atomic E-state index is -1.20. The zero-order chi connectivity index (χ0) is 24.2. The van der Waals surface area contributed by atoms with Gasteiger partial charge in [-0.15, -0.1) is 0 Å². The van der Waals surface area contributed by atoms with E-state index in [0.717, 1.165) is 5.56 Å². The molecule has 8 heteroatoms. The third-order valence-corrected chi connectivity index (χ3v) is 6.00. The zero-order valence-electron chi connectivity index (χ0n) is 19.1. The van der Waals surface area contributed by atoms with Gasteiger partial charge in [-0.1, -0.05) is 18.2 Å². The van der Waals surface area contributed by atoms with Crippen molar-refractivity contribution in [2.75, 3.05) is 27.9 Å². The number of nitrogens with zero attached hydrogens (tertiary/aromatic N) is 1. The lowest BCUT2D eigenvalue weighted by Crippen LogP contribution is -2.32. The smallest absolute Gasteiger partial charge is 0.291 e. The molecule has 1 amide bonds. The molecular formula is C26H25NO7. The van der Waals surface area contributed by atoms with Crippen LogP contribution >= 0.6 is 0 Å². The van der Waals surface area contributed by atoms with Gasteiger partial charge in [0, 0.05) is 6.54 Å². The number of benzene rings is 2. The van der Waals surface area contributed by atoms with Crippen LogP contribution in [0.3, 0.4) is 0 Å². The molecule has 176 valence electrons. The Morgan fingerprint density at radius 2 is 1.68 bits per heavy atom. The van der Waals surface area contributed by atoms with Crippen molar-refractivity contribution in [2.45, 2.75) is 12.5 Å². The molecule has 8 nitrogen and oxygen atoms in total. The number of hydrogen-bond donors (Lipinski definition) is 0. The molecule has 2 atom stereocenters. The molecule has 0 radical (unpaired) electrons. The molecule has 0 N–H and O–H groups in total. The monoisotopic (exact) mass is 463 g/mol. The fraction of sp³-hybridized carbons (Fsp3) is 0.269. The highest BCUT2D eigenvalue weighted by molar-refractivity contribution is 6.43. The first-order valence-electron chi connectivity index (χ1n) is 10.8. The maximum Gasteiger partial charge on any atom is 0.291 e. The lowest BCUT2D eigenvalue weighted by atomic mass is 9.88. The average Bonchev–Trinajstić information content (AvgIpc) is 3.50. The summed E-state index contributed by atoms with van der Waals surface area (Å²) in [5.74, 6) is -1.30. The van der Waals surface area contributed by atoms with Gasteiger partial charge >= 0.3 is 0 Å². The third kappa shape index (κ3) is 4.26. The summed E-state index contributed by atoms with van der Waals surface area (Å²) in [6.07, 6.45) is 1.82. The van der Waals surface area contributed by atoms with Gasteiger partial charge in [-0.05, 0) is 53.9 Å². The molecule has 4 rings (SSSR count). The van der Waals surface area contributed by atoms with Crippen molar-refractivity contribution >= 4 is 17.5 Å². The lowest BCUT2D eigenvalue weighted by molar-refractivity contribution is -0.140. The van der Waals surface area contributed by atoms with Crippen molar-refractivity contribution in [1.82, 2.24) is 4.90 Å². The van der Waals surface area contributed by atoms with Crippen LogP contribution in [0.2, 0.25) is 0 Å². The van der Waals surface area contributed by atoms with Gasteiger partial charge in [0.2, 0.25) is 11.6 Å². The summed E-state index contributed by atoms with van der Waals surface area (Å²) in [6, 6.07) is 14.8. The molecule has 0 aliphatic carbocycles. The molecule has 2 unspecified atom stereocenters. The summed E-state index contributed by atoms with van der Waals surface area (Å²) in [6.45, 7) is 0.235. The Morgan fingerprint density at radius 1 is 0.941 bits per heavy atom. The van der Waals surface area contributed by atoms with Gasteiger partial charge in [-0.2, -0.15) is 0 Å². The number of rotatable bonds is 9. The fourth-order valence-corrected chi connectivity index (χ4v) is 4.26. The van der Waals surface area contributed by atoms with E-state index in [1.165, 1.54) is 17.2 Å². The van der Waals surface area contributed by atoms with Crippen LogP contribution in [-0.4, -0.2) is 50.2 Å². The number of furan rings is 1. The average molecular weight is 463 g/mol. The van der Waals surface area contributed by atoms with Gasteiger partial charge in [0.15, 0.2) is 17.3 Å². The van der Waals surface area contributed by atoms with Crippen LogP contribution < -0.4 is 14.2 Å². The van der Waals surface area contributed by atoms with E-state index in [-0.39, 0.29) is 12.3 Å². The molecule has 0 spiro atoms. The molecular weight excluding hydrogens is 438 g/mol. The SMILES string of the molecule is COc1ccc(C2C(C(=O)c3ccco3)C(=O)C(=O)N2CCc2ccc(OC)c(OC)c2)cc1. The minimum absolute atomic E-state index is 0.0476. The van der Waals surface area contributed by atoms with Crippen molar-refractivity contribution < 1.29 is 33.0 Å². The predicted octanol–water partition coefficient (Wildman–Crippen LogP) is 3.50. The normalized spacial score (nSPS) is 17.7. The summed E-state index contributed by atoms with van der Waals surface area (Å²) in [5, 5.41) is 0. The van der Waals surface area contributed by atoms with Gasteiger partial charge in [0.05, 0.1) is 33.6 Å². The molecule has 1 aliphatic rings.